The van der Waals surface area contributed by atoms with E-state index in [0.717, 1.165) is 42.5 Å². The van der Waals surface area contributed by atoms with Gasteiger partial charge in [-0.05, 0) is 48.3 Å². The second-order valence-corrected chi connectivity index (χ2v) is 5.72. The van der Waals surface area contributed by atoms with Crippen LogP contribution < -0.4 is 20.5 Å². The van der Waals surface area contributed by atoms with Gasteiger partial charge in [-0.2, -0.15) is 0 Å². The molecular formula is C16H25N3O2S. The molecule has 0 unspecified atom stereocenters. The van der Waals surface area contributed by atoms with Crippen molar-refractivity contribution < 1.29 is 9.47 Å². The lowest BCUT2D eigenvalue weighted by Crippen LogP contribution is -2.47. The summed E-state index contributed by atoms with van der Waals surface area (Å²) in [5, 5.41) is 4.07. The molecule has 0 amide bonds. The molecule has 0 spiro atoms. The van der Waals surface area contributed by atoms with Gasteiger partial charge in [-0.3, -0.25) is 0 Å². The van der Waals surface area contributed by atoms with Gasteiger partial charge in [0.2, 0.25) is 0 Å². The topological polar surface area (TPSA) is 59.8 Å². The molecule has 122 valence electrons. The highest BCUT2D eigenvalue weighted by Crippen LogP contribution is 2.37. The van der Waals surface area contributed by atoms with E-state index in [1.165, 1.54) is 11.1 Å². The molecule has 0 bridgehead atoms. The van der Waals surface area contributed by atoms with Crippen molar-refractivity contribution in [3.8, 4) is 11.5 Å². The predicted molar refractivity (Wildman–Crippen MR) is 92.6 cm³/mol. The van der Waals surface area contributed by atoms with Gasteiger partial charge in [-0.15, -0.1) is 0 Å². The Balaban J connectivity index is 2.32. The summed E-state index contributed by atoms with van der Waals surface area (Å²) < 4.78 is 10.8. The SMILES string of the molecule is CCCNC(=S)N1CCc2cc(OC)c(OC)cc2[C@H]1CN. The molecular weight excluding hydrogens is 298 g/mol. The van der Waals surface area contributed by atoms with Crippen molar-refractivity contribution in [3.05, 3.63) is 23.3 Å². The van der Waals surface area contributed by atoms with E-state index in [0.29, 0.717) is 6.54 Å². The van der Waals surface area contributed by atoms with Crippen molar-refractivity contribution in [1.82, 2.24) is 10.2 Å². The molecule has 2 rings (SSSR count). The predicted octanol–water partition coefficient (Wildman–Crippen LogP) is 1.85. The molecule has 1 heterocycles. The first kappa shape index (κ1) is 16.8. The molecule has 0 aromatic heterocycles. The van der Waals surface area contributed by atoms with Crippen molar-refractivity contribution in [1.29, 1.82) is 0 Å². The van der Waals surface area contributed by atoms with Crippen LogP contribution in [0, 0.1) is 0 Å². The van der Waals surface area contributed by atoms with Crippen LogP contribution in [-0.4, -0.2) is 43.9 Å². The molecule has 1 aromatic rings. The van der Waals surface area contributed by atoms with Gasteiger partial charge < -0.3 is 25.4 Å². The van der Waals surface area contributed by atoms with Crippen LogP contribution in [0.2, 0.25) is 0 Å². The van der Waals surface area contributed by atoms with Gasteiger partial charge in [-0.1, -0.05) is 6.92 Å². The summed E-state index contributed by atoms with van der Waals surface area (Å²) in [6.45, 7) is 4.38. The van der Waals surface area contributed by atoms with Crippen LogP contribution in [0.25, 0.3) is 0 Å². The number of hydrogen-bond acceptors (Lipinski definition) is 4. The fourth-order valence-corrected chi connectivity index (χ4v) is 3.18. The molecule has 1 atom stereocenters. The van der Waals surface area contributed by atoms with Crippen LogP contribution in [0.3, 0.4) is 0 Å². The zero-order valence-corrected chi connectivity index (χ0v) is 14.3. The number of thiocarbonyl (C=S) groups is 1. The Morgan fingerprint density at radius 2 is 2.05 bits per heavy atom. The molecule has 5 nitrogen and oxygen atoms in total. The van der Waals surface area contributed by atoms with Crippen LogP contribution in [0.4, 0.5) is 0 Å². The molecule has 0 aliphatic carbocycles. The van der Waals surface area contributed by atoms with Gasteiger partial charge in [0.25, 0.3) is 0 Å². The van der Waals surface area contributed by atoms with Gasteiger partial charge in [-0.25, -0.2) is 0 Å². The number of rotatable bonds is 5. The summed E-state index contributed by atoms with van der Waals surface area (Å²) in [5.74, 6) is 1.49. The summed E-state index contributed by atoms with van der Waals surface area (Å²) in [5.41, 5.74) is 8.46. The van der Waals surface area contributed by atoms with E-state index >= 15 is 0 Å². The summed E-state index contributed by atoms with van der Waals surface area (Å²) in [6.07, 6.45) is 1.96. The highest BCUT2D eigenvalue weighted by Gasteiger charge is 2.29. The summed E-state index contributed by atoms with van der Waals surface area (Å²) in [4.78, 5) is 2.18. The first-order chi connectivity index (χ1) is 10.7. The second kappa shape index (κ2) is 7.65. The van der Waals surface area contributed by atoms with Crippen molar-refractivity contribution in [2.24, 2.45) is 5.73 Å². The van der Waals surface area contributed by atoms with Gasteiger partial charge in [0.15, 0.2) is 16.6 Å². The molecule has 0 fully saturated rings. The molecule has 3 N–H and O–H groups in total. The fourth-order valence-electron chi connectivity index (χ4n) is 2.86. The number of hydrogen-bond donors (Lipinski definition) is 2. The lowest BCUT2D eigenvalue weighted by atomic mass is 9.92. The zero-order chi connectivity index (χ0) is 16.1. The van der Waals surface area contributed by atoms with E-state index < -0.39 is 0 Å². The van der Waals surface area contributed by atoms with Crippen LogP contribution in [0.5, 0.6) is 11.5 Å². The number of nitrogens with zero attached hydrogens (tertiary/aromatic N) is 1. The molecule has 0 saturated heterocycles. The Morgan fingerprint density at radius 3 is 2.64 bits per heavy atom. The monoisotopic (exact) mass is 323 g/mol. The minimum Gasteiger partial charge on any atom is -0.493 e. The largest absolute Gasteiger partial charge is 0.493 e. The van der Waals surface area contributed by atoms with Crippen molar-refractivity contribution in [2.75, 3.05) is 33.9 Å². The smallest absolute Gasteiger partial charge is 0.169 e. The third-order valence-corrected chi connectivity index (χ3v) is 4.39. The van der Waals surface area contributed by atoms with Gasteiger partial charge in [0.1, 0.15) is 0 Å². The normalized spacial score (nSPS) is 16.9. The Kier molecular flexibility index (Phi) is 5.85. The minimum atomic E-state index is 0.0698. The average Bonchev–Trinajstić information content (AvgIpc) is 2.56. The number of ether oxygens (including phenoxy) is 2. The number of nitrogens with two attached hydrogens (primary N) is 1. The lowest BCUT2D eigenvalue weighted by molar-refractivity contribution is 0.296. The maximum absolute atomic E-state index is 6.04. The van der Waals surface area contributed by atoms with E-state index in [1.807, 2.05) is 6.07 Å². The lowest BCUT2D eigenvalue weighted by Gasteiger charge is -2.39. The van der Waals surface area contributed by atoms with E-state index in [9.17, 15) is 0 Å². The zero-order valence-electron chi connectivity index (χ0n) is 13.5. The highest BCUT2D eigenvalue weighted by atomic mass is 32.1. The average molecular weight is 323 g/mol. The molecule has 1 aliphatic heterocycles. The molecule has 1 aromatic carbocycles. The number of fused-ring (bicyclic) bond motifs is 1. The van der Waals surface area contributed by atoms with Crippen molar-refractivity contribution >= 4 is 17.3 Å². The maximum atomic E-state index is 6.04. The Hall–Kier alpha value is -1.53. The number of nitrogens with one attached hydrogen (secondary N) is 1. The van der Waals surface area contributed by atoms with Crippen molar-refractivity contribution in [3.63, 3.8) is 0 Å². The number of benzene rings is 1. The quantitative estimate of drug-likeness (QED) is 0.807. The molecule has 1 aliphatic rings. The first-order valence-electron chi connectivity index (χ1n) is 7.65. The van der Waals surface area contributed by atoms with Crippen LogP contribution in [-0.2, 0) is 6.42 Å². The third-order valence-electron chi connectivity index (χ3n) is 4.01. The Labute approximate surface area is 137 Å². The van der Waals surface area contributed by atoms with Crippen LogP contribution in [0.15, 0.2) is 12.1 Å². The van der Waals surface area contributed by atoms with Gasteiger partial charge in [0.05, 0.1) is 20.3 Å². The molecule has 6 heteroatoms. The van der Waals surface area contributed by atoms with E-state index in [-0.39, 0.29) is 6.04 Å². The van der Waals surface area contributed by atoms with Gasteiger partial charge >= 0.3 is 0 Å². The summed E-state index contributed by atoms with van der Waals surface area (Å²) in [6, 6.07) is 4.15. The molecule has 0 radical (unpaired) electrons. The molecule has 0 saturated carbocycles. The Morgan fingerprint density at radius 1 is 1.36 bits per heavy atom. The van der Waals surface area contributed by atoms with Crippen LogP contribution >= 0.6 is 12.2 Å². The van der Waals surface area contributed by atoms with Crippen LogP contribution in [0.1, 0.15) is 30.5 Å². The fraction of sp³-hybridized carbons (Fsp3) is 0.562. The summed E-state index contributed by atoms with van der Waals surface area (Å²) >= 11 is 5.53. The van der Waals surface area contributed by atoms with Gasteiger partial charge in [0, 0.05) is 19.6 Å². The van der Waals surface area contributed by atoms with Crippen molar-refractivity contribution in [2.45, 2.75) is 25.8 Å². The maximum Gasteiger partial charge on any atom is 0.169 e. The van der Waals surface area contributed by atoms with E-state index in [2.05, 4.69) is 23.2 Å². The minimum absolute atomic E-state index is 0.0698. The summed E-state index contributed by atoms with van der Waals surface area (Å²) in [7, 11) is 3.30. The third kappa shape index (κ3) is 3.28. The first-order valence-corrected chi connectivity index (χ1v) is 8.06. The Bertz CT molecular complexity index is 536. The second-order valence-electron chi connectivity index (χ2n) is 5.33. The van der Waals surface area contributed by atoms with E-state index in [1.54, 1.807) is 14.2 Å². The molecule has 22 heavy (non-hydrogen) atoms. The number of methoxy groups -OCH3 is 2. The highest BCUT2D eigenvalue weighted by molar-refractivity contribution is 7.80. The standard InChI is InChI=1S/C16H25N3O2S/c1-4-6-18-16(22)19-7-5-11-8-14(20-2)15(21-3)9-12(11)13(19)10-17/h8-9,13H,4-7,10,17H2,1-3H3,(H,18,22)/t13-/m1/s1. The van der Waals surface area contributed by atoms with E-state index in [4.69, 9.17) is 27.4 Å².